The maximum absolute atomic E-state index is 5.44. The average Bonchev–Trinajstić information content (AvgIpc) is 2.35. The molecule has 1 heterocycles. The number of alkyl halides is 1. The molecule has 0 aromatic carbocycles. The van der Waals surface area contributed by atoms with Gasteiger partial charge in [-0.2, -0.15) is 4.98 Å². The normalized spacial score (nSPS) is 14.1. The Morgan fingerprint density at radius 3 is 2.82 bits per heavy atom. The van der Waals surface area contributed by atoms with Crippen molar-refractivity contribution in [3.05, 3.63) is 12.4 Å². The lowest BCUT2D eigenvalue weighted by atomic mass is 10.1. The first-order valence-electron chi connectivity index (χ1n) is 5.94. The SMILES string of the molecule is CCCOc1cncc(NC(C)C(C)CBr)n1. The van der Waals surface area contributed by atoms with E-state index in [9.17, 15) is 0 Å². The van der Waals surface area contributed by atoms with Crippen LogP contribution in [-0.2, 0) is 0 Å². The molecule has 0 amide bonds. The minimum absolute atomic E-state index is 0.338. The molecule has 0 saturated carbocycles. The van der Waals surface area contributed by atoms with Gasteiger partial charge >= 0.3 is 0 Å². The van der Waals surface area contributed by atoms with Gasteiger partial charge in [0, 0.05) is 11.4 Å². The summed E-state index contributed by atoms with van der Waals surface area (Å²) >= 11 is 3.48. The minimum Gasteiger partial charge on any atom is -0.477 e. The number of hydrogen-bond donors (Lipinski definition) is 1. The molecule has 0 aliphatic heterocycles. The molecule has 0 bridgehead atoms. The largest absolute Gasteiger partial charge is 0.477 e. The zero-order valence-corrected chi connectivity index (χ0v) is 12.2. The summed E-state index contributed by atoms with van der Waals surface area (Å²) < 4.78 is 5.44. The van der Waals surface area contributed by atoms with Crippen LogP contribution in [0.15, 0.2) is 12.4 Å². The molecule has 17 heavy (non-hydrogen) atoms. The Balaban J connectivity index is 2.58. The van der Waals surface area contributed by atoms with Crippen LogP contribution in [0.2, 0.25) is 0 Å². The van der Waals surface area contributed by atoms with Crippen LogP contribution >= 0.6 is 15.9 Å². The highest BCUT2D eigenvalue weighted by Gasteiger charge is 2.11. The van der Waals surface area contributed by atoms with Gasteiger partial charge in [-0.25, -0.2) is 0 Å². The number of aromatic nitrogens is 2. The summed E-state index contributed by atoms with van der Waals surface area (Å²) in [5.41, 5.74) is 0. The molecule has 0 fully saturated rings. The lowest BCUT2D eigenvalue weighted by Gasteiger charge is -2.19. The van der Waals surface area contributed by atoms with E-state index in [0.717, 1.165) is 17.6 Å². The van der Waals surface area contributed by atoms with Crippen molar-refractivity contribution in [1.82, 2.24) is 9.97 Å². The molecule has 5 heteroatoms. The molecule has 1 N–H and O–H groups in total. The Morgan fingerprint density at radius 1 is 1.41 bits per heavy atom. The van der Waals surface area contributed by atoms with Crippen molar-refractivity contribution in [3.63, 3.8) is 0 Å². The lowest BCUT2D eigenvalue weighted by molar-refractivity contribution is 0.304. The molecular weight excluding hydrogens is 282 g/mol. The number of nitrogens with zero attached hydrogens (tertiary/aromatic N) is 2. The van der Waals surface area contributed by atoms with Gasteiger partial charge in [0.1, 0.15) is 5.82 Å². The number of halogens is 1. The number of nitrogens with one attached hydrogen (secondary N) is 1. The first-order valence-corrected chi connectivity index (χ1v) is 7.06. The summed E-state index contributed by atoms with van der Waals surface area (Å²) in [6, 6.07) is 0.338. The fraction of sp³-hybridized carbons (Fsp3) is 0.667. The van der Waals surface area contributed by atoms with Crippen LogP contribution in [-0.4, -0.2) is 27.9 Å². The Labute approximate surface area is 111 Å². The maximum atomic E-state index is 5.44. The van der Waals surface area contributed by atoms with E-state index in [1.54, 1.807) is 12.4 Å². The second-order valence-electron chi connectivity index (χ2n) is 4.16. The molecule has 0 radical (unpaired) electrons. The van der Waals surface area contributed by atoms with E-state index in [1.807, 2.05) is 0 Å². The van der Waals surface area contributed by atoms with Gasteiger partial charge in [0.15, 0.2) is 0 Å². The van der Waals surface area contributed by atoms with Crippen molar-refractivity contribution >= 4 is 21.7 Å². The summed E-state index contributed by atoms with van der Waals surface area (Å²) in [6.07, 6.45) is 4.33. The van der Waals surface area contributed by atoms with Gasteiger partial charge in [-0.05, 0) is 19.3 Å². The third-order valence-corrected chi connectivity index (χ3v) is 3.56. The van der Waals surface area contributed by atoms with Crippen molar-refractivity contribution in [2.75, 3.05) is 17.3 Å². The number of hydrogen-bond acceptors (Lipinski definition) is 4. The van der Waals surface area contributed by atoms with E-state index < -0.39 is 0 Å². The van der Waals surface area contributed by atoms with Crippen LogP contribution in [0, 0.1) is 5.92 Å². The number of anilines is 1. The molecule has 2 unspecified atom stereocenters. The predicted octanol–water partition coefficient (Wildman–Crippen LogP) is 3.10. The Bertz CT molecular complexity index is 335. The fourth-order valence-electron chi connectivity index (χ4n) is 1.20. The molecular formula is C12H20BrN3O. The molecule has 0 aliphatic rings. The molecule has 1 aromatic rings. The van der Waals surface area contributed by atoms with E-state index in [-0.39, 0.29) is 0 Å². The topological polar surface area (TPSA) is 47.0 Å². The summed E-state index contributed by atoms with van der Waals surface area (Å²) in [4.78, 5) is 8.47. The van der Waals surface area contributed by atoms with Crippen LogP contribution in [0.1, 0.15) is 27.2 Å². The standard InChI is InChI=1S/C12H20BrN3O/c1-4-5-17-12-8-14-7-11(16-12)15-10(3)9(2)6-13/h7-10H,4-6H2,1-3H3,(H,15,16). The van der Waals surface area contributed by atoms with Gasteiger partial charge < -0.3 is 10.1 Å². The average molecular weight is 302 g/mol. The first-order chi connectivity index (χ1) is 8.17. The third kappa shape index (κ3) is 4.89. The van der Waals surface area contributed by atoms with Crippen LogP contribution < -0.4 is 10.1 Å². The Morgan fingerprint density at radius 2 is 2.18 bits per heavy atom. The number of rotatable bonds is 7. The van der Waals surface area contributed by atoms with Crippen molar-refractivity contribution < 1.29 is 4.74 Å². The number of ether oxygens (including phenoxy) is 1. The van der Waals surface area contributed by atoms with E-state index in [0.29, 0.717) is 24.4 Å². The van der Waals surface area contributed by atoms with Crippen LogP contribution in [0.25, 0.3) is 0 Å². The summed E-state index contributed by atoms with van der Waals surface area (Å²) in [5, 5.41) is 4.28. The molecule has 1 rings (SSSR count). The van der Waals surface area contributed by atoms with Gasteiger partial charge in [-0.3, -0.25) is 4.98 Å². The monoisotopic (exact) mass is 301 g/mol. The van der Waals surface area contributed by atoms with Crippen molar-refractivity contribution in [1.29, 1.82) is 0 Å². The van der Waals surface area contributed by atoms with E-state index >= 15 is 0 Å². The minimum atomic E-state index is 0.338. The van der Waals surface area contributed by atoms with Crippen molar-refractivity contribution in [2.45, 2.75) is 33.2 Å². The molecule has 4 nitrogen and oxygen atoms in total. The second-order valence-corrected chi connectivity index (χ2v) is 4.80. The van der Waals surface area contributed by atoms with Gasteiger partial charge in [0.2, 0.25) is 5.88 Å². The highest BCUT2D eigenvalue weighted by atomic mass is 79.9. The van der Waals surface area contributed by atoms with Gasteiger partial charge in [0.05, 0.1) is 19.0 Å². The quantitative estimate of drug-likeness (QED) is 0.786. The van der Waals surface area contributed by atoms with Crippen molar-refractivity contribution in [3.8, 4) is 5.88 Å². The highest BCUT2D eigenvalue weighted by molar-refractivity contribution is 9.09. The molecule has 0 spiro atoms. The molecule has 1 aromatic heterocycles. The van der Waals surface area contributed by atoms with Crippen LogP contribution in [0.5, 0.6) is 5.88 Å². The van der Waals surface area contributed by atoms with Crippen LogP contribution in [0.3, 0.4) is 0 Å². The van der Waals surface area contributed by atoms with Crippen molar-refractivity contribution in [2.24, 2.45) is 5.92 Å². The molecule has 2 atom stereocenters. The molecule has 0 saturated heterocycles. The first kappa shape index (κ1) is 14.2. The molecule has 96 valence electrons. The maximum Gasteiger partial charge on any atom is 0.234 e. The van der Waals surface area contributed by atoms with Gasteiger partial charge in [-0.1, -0.05) is 29.8 Å². The Hall–Kier alpha value is -0.840. The van der Waals surface area contributed by atoms with Gasteiger partial charge in [-0.15, -0.1) is 0 Å². The second kappa shape index (κ2) is 7.48. The zero-order chi connectivity index (χ0) is 12.7. The highest BCUT2D eigenvalue weighted by Crippen LogP contribution is 2.14. The summed E-state index contributed by atoms with van der Waals surface area (Å²) in [6.45, 7) is 7.05. The summed E-state index contributed by atoms with van der Waals surface area (Å²) in [5.74, 6) is 1.87. The summed E-state index contributed by atoms with van der Waals surface area (Å²) in [7, 11) is 0. The fourth-order valence-corrected chi connectivity index (χ4v) is 1.76. The lowest BCUT2D eigenvalue weighted by Crippen LogP contribution is -2.25. The van der Waals surface area contributed by atoms with E-state index in [4.69, 9.17) is 4.74 Å². The van der Waals surface area contributed by atoms with E-state index in [1.165, 1.54) is 0 Å². The third-order valence-electron chi connectivity index (χ3n) is 2.54. The predicted molar refractivity (Wildman–Crippen MR) is 73.9 cm³/mol. The zero-order valence-electron chi connectivity index (χ0n) is 10.6. The smallest absolute Gasteiger partial charge is 0.234 e. The van der Waals surface area contributed by atoms with Gasteiger partial charge in [0.25, 0.3) is 0 Å². The molecule has 0 aliphatic carbocycles. The van der Waals surface area contributed by atoms with Crippen LogP contribution in [0.4, 0.5) is 5.82 Å². The Kier molecular flexibility index (Phi) is 6.26. The van der Waals surface area contributed by atoms with E-state index in [2.05, 4.69) is 52.0 Å².